The predicted octanol–water partition coefficient (Wildman–Crippen LogP) is 3.49. The molecule has 0 aliphatic carbocycles. The first-order valence-electron chi connectivity index (χ1n) is 6.48. The predicted molar refractivity (Wildman–Crippen MR) is 83.1 cm³/mol. The molecule has 0 radical (unpaired) electrons. The van der Waals surface area contributed by atoms with Gasteiger partial charge >= 0.3 is 0 Å². The third kappa shape index (κ3) is 3.97. The van der Waals surface area contributed by atoms with Gasteiger partial charge in [-0.05, 0) is 36.2 Å². The van der Waals surface area contributed by atoms with Gasteiger partial charge in [0.2, 0.25) is 0 Å². The molecule has 2 N–H and O–H groups in total. The second-order valence-electron chi connectivity index (χ2n) is 4.52. The molecule has 0 unspecified atom stereocenters. The summed E-state index contributed by atoms with van der Waals surface area (Å²) >= 11 is 5.81. The van der Waals surface area contributed by atoms with Gasteiger partial charge in [-0.1, -0.05) is 29.8 Å². The van der Waals surface area contributed by atoms with E-state index in [1.165, 1.54) is 18.2 Å². The van der Waals surface area contributed by atoms with E-state index in [1.54, 1.807) is 7.11 Å². The molecule has 110 valence electrons. The maximum absolute atomic E-state index is 12.2. The van der Waals surface area contributed by atoms with Crippen molar-refractivity contribution in [1.82, 2.24) is 0 Å². The number of para-hydroxylation sites is 1. The van der Waals surface area contributed by atoms with Crippen LogP contribution in [0.4, 0.5) is 5.69 Å². The minimum atomic E-state index is -0.276. The van der Waals surface area contributed by atoms with Crippen molar-refractivity contribution < 1.29 is 14.6 Å². The van der Waals surface area contributed by atoms with Gasteiger partial charge in [0, 0.05) is 18.4 Å². The lowest BCUT2D eigenvalue weighted by Crippen LogP contribution is -2.13. The molecule has 0 saturated carbocycles. The zero-order chi connectivity index (χ0) is 15.2. The van der Waals surface area contributed by atoms with Crippen molar-refractivity contribution in [2.45, 2.75) is 6.42 Å². The Kier molecular flexibility index (Phi) is 5.20. The zero-order valence-corrected chi connectivity index (χ0v) is 12.4. The Balaban J connectivity index is 2.17. The van der Waals surface area contributed by atoms with Crippen molar-refractivity contribution >= 4 is 23.2 Å². The van der Waals surface area contributed by atoms with Gasteiger partial charge in [-0.25, -0.2) is 0 Å². The number of nitrogens with one attached hydrogen (secondary N) is 1. The van der Waals surface area contributed by atoms with Gasteiger partial charge in [0.25, 0.3) is 5.91 Å². The highest BCUT2D eigenvalue weighted by atomic mass is 35.5. The molecule has 2 aromatic carbocycles. The first-order chi connectivity index (χ1) is 10.1. The number of rotatable bonds is 5. The number of phenolic OH excluding ortho intramolecular Hbond substituents is 1. The van der Waals surface area contributed by atoms with E-state index in [0.29, 0.717) is 18.6 Å². The molecule has 4 nitrogen and oxygen atoms in total. The van der Waals surface area contributed by atoms with E-state index in [-0.39, 0.29) is 16.7 Å². The first-order valence-corrected chi connectivity index (χ1v) is 6.86. The second kappa shape index (κ2) is 7.11. The van der Waals surface area contributed by atoms with Crippen LogP contribution in [0.15, 0.2) is 42.5 Å². The Morgan fingerprint density at radius 2 is 2.05 bits per heavy atom. The lowest BCUT2D eigenvalue weighted by Gasteiger charge is -2.11. The highest BCUT2D eigenvalue weighted by Crippen LogP contribution is 2.24. The fourth-order valence-electron chi connectivity index (χ4n) is 1.91. The number of benzene rings is 2. The number of methoxy groups -OCH3 is 1. The van der Waals surface area contributed by atoms with Crippen LogP contribution in [0.25, 0.3) is 0 Å². The van der Waals surface area contributed by atoms with E-state index < -0.39 is 0 Å². The van der Waals surface area contributed by atoms with E-state index in [0.717, 1.165) is 11.3 Å². The van der Waals surface area contributed by atoms with Crippen molar-refractivity contribution in [2.75, 3.05) is 19.0 Å². The molecular formula is C16H16ClNO3. The van der Waals surface area contributed by atoms with Crippen molar-refractivity contribution in [1.29, 1.82) is 0 Å². The number of anilines is 1. The number of aromatic hydroxyl groups is 1. The molecule has 1 amide bonds. The number of amides is 1. The minimum Gasteiger partial charge on any atom is -0.506 e. The van der Waals surface area contributed by atoms with Crippen LogP contribution in [0.1, 0.15) is 15.9 Å². The Morgan fingerprint density at radius 1 is 1.29 bits per heavy atom. The number of ether oxygens (including phenoxy) is 1. The Bertz CT molecular complexity index is 643. The van der Waals surface area contributed by atoms with E-state index in [2.05, 4.69) is 5.32 Å². The van der Waals surface area contributed by atoms with Crippen molar-refractivity contribution in [3.8, 4) is 5.75 Å². The molecule has 0 aromatic heterocycles. The molecule has 0 bridgehead atoms. The van der Waals surface area contributed by atoms with Crippen LogP contribution < -0.4 is 5.32 Å². The molecule has 5 heteroatoms. The lowest BCUT2D eigenvalue weighted by atomic mass is 10.1. The number of hydrogen-bond acceptors (Lipinski definition) is 3. The van der Waals surface area contributed by atoms with Crippen LogP contribution in [-0.2, 0) is 11.2 Å². The highest BCUT2D eigenvalue weighted by Gasteiger charge is 2.10. The summed E-state index contributed by atoms with van der Waals surface area (Å²) in [5.41, 5.74) is 2.13. The molecular weight excluding hydrogens is 290 g/mol. The molecule has 0 aliphatic rings. The molecule has 2 aromatic rings. The van der Waals surface area contributed by atoms with E-state index in [9.17, 15) is 9.90 Å². The molecule has 0 heterocycles. The molecule has 0 fully saturated rings. The standard InChI is InChI=1S/C16H16ClNO3/c1-21-9-8-11-4-2-3-5-14(11)18-16(20)12-6-7-15(19)13(17)10-12/h2-7,10,19H,8-9H2,1H3,(H,18,20). The number of carbonyl (C=O) groups is 1. The summed E-state index contributed by atoms with van der Waals surface area (Å²) in [4.78, 5) is 12.2. The van der Waals surface area contributed by atoms with Gasteiger partial charge in [-0.15, -0.1) is 0 Å². The third-order valence-electron chi connectivity index (χ3n) is 3.05. The summed E-state index contributed by atoms with van der Waals surface area (Å²) in [7, 11) is 1.64. The summed E-state index contributed by atoms with van der Waals surface area (Å²) in [6.45, 7) is 0.581. The largest absolute Gasteiger partial charge is 0.506 e. The Morgan fingerprint density at radius 3 is 2.76 bits per heavy atom. The molecule has 0 saturated heterocycles. The van der Waals surface area contributed by atoms with Gasteiger partial charge in [0.1, 0.15) is 5.75 Å². The highest BCUT2D eigenvalue weighted by molar-refractivity contribution is 6.32. The number of halogens is 1. The topological polar surface area (TPSA) is 58.6 Å². The number of carbonyl (C=O) groups excluding carboxylic acids is 1. The SMILES string of the molecule is COCCc1ccccc1NC(=O)c1ccc(O)c(Cl)c1. The Labute approximate surface area is 128 Å². The molecule has 2 rings (SSSR count). The maximum Gasteiger partial charge on any atom is 0.255 e. The maximum atomic E-state index is 12.2. The van der Waals surface area contributed by atoms with Crippen LogP contribution >= 0.6 is 11.6 Å². The monoisotopic (exact) mass is 305 g/mol. The van der Waals surface area contributed by atoms with E-state index >= 15 is 0 Å². The number of phenols is 1. The molecule has 21 heavy (non-hydrogen) atoms. The third-order valence-corrected chi connectivity index (χ3v) is 3.35. The van der Waals surface area contributed by atoms with Crippen LogP contribution in [0.5, 0.6) is 5.75 Å². The Hall–Kier alpha value is -2.04. The lowest BCUT2D eigenvalue weighted by molar-refractivity contribution is 0.102. The zero-order valence-electron chi connectivity index (χ0n) is 11.6. The molecule has 0 atom stereocenters. The summed E-state index contributed by atoms with van der Waals surface area (Å²) in [6.07, 6.45) is 0.712. The normalized spacial score (nSPS) is 10.4. The van der Waals surface area contributed by atoms with Gasteiger partial charge < -0.3 is 15.2 Å². The van der Waals surface area contributed by atoms with Crippen LogP contribution in [0.2, 0.25) is 5.02 Å². The summed E-state index contributed by atoms with van der Waals surface area (Å²) in [5.74, 6) is -0.324. The van der Waals surface area contributed by atoms with Crippen molar-refractivity contribution in [3.63, 3.8) is 0 Å². The smallest absolute Gasteiger partial charge is 0.255 e. The minimum absolute atomic E-state index is 0.0475. The summed E-state index contributed by atoms with van der Waals surface area (Å²) in [5, 5.41) is 12.4. The van der Waals surface area contributed by atoms with Crippen LogP contribution in [0, 0.1) is 0 Å². The average Bonchev–Trinajstić information content (AvgIpc) is 2.49. The second-order valence-corrected chi connectivity index (χ2v) is 4.93. The van der Waals surface area contributed by atoms with Crippen molar-refractivity contribution in [2.24, 2.45) is 0 Å². The van der Waals surface area contributed by atoms with E-state index in [1.807, 2.05) is 24.3 Å². The van der Waals surface area contributed by atoms with Crippen LogP contribution in [-0.4, -0.2) is 24.7 Å². The van der Waals surface area contributed by atoms with Crippen LogP contribution in [0.3, 0.4) is 0 Å². The average molecular weight is 306 g/mol. The van der Waals surface area contributed by atoms with Gasteiger partial charge in [-0.3, -0.25) is 4.79 Å². The van der Waals surface area contributed by atoms with E-state index in [4.69, 9.17) is 16.3 Å². The van der Waals surface area contributed by atoms with Gasteiger partial charge in [0.15, 0.2) is 0 Å². The quantitative estimate of drug-likeness (QED) is 0.889. The van der Waals surface area contributed by atoms with Gasteiger partial charge in [-0.2, -0.15) is 0 Å². The molecule has 0 spiro atoms. The van der Waals surface area contributed by atoms with Crippen molar-refractivity contribution in [3.05, 3.63) is 58.6 Å². The summed E-state index contributed by atoms with van der Waals surface area (Å²) < 4.78 is 5.06. The summed E-state index contributed by atoms with van der Waals surface area (Å²) in [6, 6.07) is 11.9. The molecule has 0 aliphatic heterocycles. The van der Waals surface area contributed by atoms with Gasteiger partial charge in [0.05, 0.1) is 11.6 Å². The number of hydrogen-bond donors (Lipinski definition) is 2. The first kappa shape index (κ1) is 15.4. The fourth-order valence-corrected chi connectivity index (χ4v) is 2.10. The fraction of sp³-hybridized carbons (Fsp3) is 0.188.